The summed E-state index contributed by atoms with van der Waals surface area (Å²) in [7, 11) is 3.21. The smallest absolute Gasteiger partial charge is 0.256 e. The average Bonchev–Trinajstić information content (AvgIpc) is 2.51. The van der Waals surface area contributed by atoms with Crippen molar-refractivity contribution in [2.24, 2.45) is 0 Å². The van der Waals surface area contributed by atoms with Gasteiger partial charge in [-0.1, -0.05) is 13.8 Å². The highest BCUT2D eigenvalue weighted by atomic mass is 16.5. The molecule has 0 heterocycles. The predicted molar refractivity (Wildman–Crippen MR) is 84.7 cm³/mol. The summed E-state index contributed by atoms with van der Waals surface area (Å²) in [6.45, 7) is 5.22. The maximum Gasteiger partial charge on any atom is 0.256 e. The molecule has 0 saturated heterocycles. The number of nitrogens with zero attached hydrogens (tertiary/aromatic N) is 1. The van der Waals surface area contributed by atoms with E-state index >= 15 is 0 Å². The van der Waals surface area contributed by atoms with Crippen molar-refractivity contribution in [3.05, 3.63) is 23.8 Å². The summed E-state index contributed by atoms with van der Waals surface area (Å²) >= 11 is 0. The summed E-state index contributed by atoms with van der Waals surface area (Å²) < 4.78 is 10.3. The molecule has 0 aliphatic carbocycles. The monoisotopic (exact) mass is 294 g/mol. The summed E-state index contributed by atoms with van der Waals surface area (Å²) in [4.78, 5) is 14.7. The Balaban J connectivity index is 3.08. The summed E-state index contributed by atoms with van der Waals surface area (Å²) in [5.41, 5.74) is 6.91. The molecular weight excluding hydrogens is 268 g/mol. The molecular formula is C16H26N2O3. The van der Waals surface area contributed by atoms with E-state index in [1.54, 1.807) is 32.4 Å². The van der Waals surface area contributed by atoms with Crippen LogP contribution in [0.15, 0.2) is 18.2 Å². The Bertz CT molecular complexity index is 459. The van der Waals surface area contributed by atoms with Gasteiger partial charge in [-0.2, -0.15) is 0 Å². The topological polar surface area (TPSA) is 64.8 Å². The lowest BCUT2D eigenvalue weighted by Crippen LogP contribution is -2.42. The van der Waals surface area contributed by atoms with Gasteiger partial charge in [0.2, 0.25) is 0 Å². The summed E-state index contributed by atoms with van der Waals surface area (Å²) in [5.74, 6) is 0.556. The van der Waals surface area contributed by atoms with Crippen LogP contribution in [0.2, 0.25) is 0 Å². The lowest BCUT2D eigenvalue weighted by molar-refractivity contribution is 0.0590. The van der Waals surface area contributed by atoms with Crippen LogP contribution in [0.4, 0.5) is 5.69 Å². The fourth-order valence-electron chi connectivity index (χ4n) is 2.37. The Morgan fingerprint density at radius 3 is 2.48 bits per heavy atom. The zero-order valence-electron chi connectivity index (χ0n) is 13.4. The third-order valence-corrected chi connectivity index (χ3v) is 3.67. The molecule has 1 aromatic carbocycles. The molecule has 0 aromatic heterocycles. The number of benzene rings is 1. The molecule has 0 aliphatic rings. The number of nitrogen functional groups attached to an aromatic ring is 1. The number of hydrogen-bond donors (Lipinski definition) is 1. The number of rotatable bonds is 8. The van der Waals surface area contributed by atoms with Gasteiger partial charge in [0, 0.05) is 25.4 Å². The molecule has 5 heteroatoms. The van der Waals surface area contributed by atoms with Gasteiger partial charge in [-0.3, -0.25) is 4.79 Å². The van der Waals surface area contributed by atoms with Gasteiger partial charge in [0.15, 0.2) is 0 Å². The first kappa shape index (κ1) is 17.3. The minimum absolute atomic E-state index is 0.0721. The maximum absolute atomic E-state index is 12.8. The van der Waals surface area contributed by atoms with Crippen molar-refractivity contribution >= 4 is 11.6 Å². The lowest BCUT2D eigenvalue weighted by atomic mass is 10.1. The molecule has 0 atom stereocenters. The molecule has 5 nitrogen and oxygen atoms in total. The van der Waals surface area contributed by atoms with E-state index in [0.717, 1.165) is 12.8 Å². The van der Waals surface area contributed by atoms with Crippen LogP contribution in [-0.2, 0) is 4.74 Å². The third kappa shape index (κ3) is 4.36. The van der Waals surface area contributed by atoms with Gasteiger partial charge in [-0.25, -0.2) is 0 Å². The minimum Gasteiger partial charge on any atom is -0.497 e. The largest absolute Gasteiger partial charge is 0.497 e. The van der Waals surface area contributed by atoms with Gasteiger partial charge >= 0.3 is 0 Å². The molecule has 0 bridgehead atoms. The van der Waals surface area contributed by atoms with E-state index in [2.05, 4.69) is 13.8 Å². The van der Waals surface area contributed by atoms with E-state index < -0.39 is 0 Å². The molecule has 0 fully saturated rings. The fraction of sp³-hybridized carbons (Fsp3) is 0.562. The molecule has 2 N–H and O–H groups in total. The number of methoxy groups -OCH3 is 2. The van der Waals surface area contributed by atoms with Gasteiger partial charge in [0.25, 0.3) is 5.91 Å². The van der Waals surface area contributed by atoms with Crippen LogP contribution in [0.5, 0.6) is 5.75 Å². The van der Waals surface area contributed by atoms with Gasteiger partial charge in [-0.05, 0) is 31.0 Å². The summed E-state index contributed by atoms with van der Waals surface area (Å²) in [6.07, 6.45) is 1.80. The lowest BCUT2D eigenvalue weighted by Gasteiger charge is -2.31. The van der Waals surface area contributed by atoms with E-state index in [1.165, 1.54) is 0 Å². The van der Waals surface area contributed by atoms with Gasteiger partial charge in [0.05, 0.1) is 19.3 Å². The van der Waals surface area contributed by atoms with Crippen LogP contribution >= 0.6 is 0 Å². The SMILES string of the molecule is CCC(CC)N(CCOC)C(=O)c1cc(OC)ccc1N. The first-order valence-electron chi connectivity index (χ1n) is 7.32. The van der Waals surface area contributed by atoms with Gasteiger partial charge in [0.1, 0.15) is 5.75 Å². The van der Waals surface area contributed by atoms with E-state index in [9.17, 15) is 4.79 Å². The summed E-state index contributed by atoms with van der Waals surface area (Å²) in [5, 5.41) is 0. The van der Waals surface area contributed by atoms with Crippen LogP contribution in [0, 0.1) is 0 Å². The number of hydrogen-bond acceptors (Lipinski definition) is 4. The zero-order chi connectivity index (χ0) is 15.8. The highest BCUT2D eigenvalue weighted by molar-refractivity contribution is 5.99. The van der Waals surface area contributed by atoms with Crippen molar-refractivity contribution in [1.82, 2.24) is 4.90 Å². The molecule has 0 spiro atoms. The van der Waals surface area contributed by atoms with Crippen LogP contribution < -0.4 is 10.5 Å². The minimum atomic E-state index is -0.0721. The van der Waals surface area contributed by atoms with E-state index in [0.29, 0.717) is 30.2 Å². The molecule has 21 heavy (non-hydrogen) atoms. The van der Waals surface area contributed by atoms with Gasteiger partial charge in [-0.15, -0.1) is 0 Å². The third-order valence-electron chi connectivity index (χ3n) is 3.67. The fourth-order valence-corrected chi connectivity index (χ4v) is 2.37. The second-order valence-electron chi connectivity index (χ2n) is 4.91. The van der Waals surface area contributed by atoms with Crippen molar-refractivity contribution in [2.45, 2.75) is 32.7 Å². The number of ether oxygens (including phenoxy) is 2. The number of carbonyl (C=O) groups is 1. The average molecular weight is 294 g/mol. The van der Waals surface area contributed by atoms with Crippen molar-refractivity contribution in [1.29, 1.82) is 0 Å². The first-order chi connectivity index (χ1) is 10.1. The molecule has 1 amide bonds. The second kappa shape index (κ2) is 8.52. The number of amides is 1. The normalized spacial score (nSPS) is 10.7. The number of nitrogens with two attached hydrogens (primary N) is 1. The quantitative estimate of drug-likeness (QED) is 0.748. The highest BCUT2D eigenvalue weighted by Crippen LogP contribution is 2.23. The first-order valence-corrected chi connectivity index (χ1v) is 7.32. The van der Waals surface area contributed by atoms with Crippen LogP contribution in [0.3, 0.4) is 0 Å². The van der Waals surface area contributed by atoms with Crippen molar-refractivity contribution < 1.29 is 14.3 Å². The van der Waals surface area contributed by atoms with Crippen LogP contribution in [0.25, 0.3) is 0 Å². The van der Waals surface area contributed by atoms with E-state index in [4.69, 9.17) is 15.2 Å². The Kier molecular flexibility index (Phi) is 7.02. The van der Waals surface area contributed by atoms with Gasteiger partial charge < -0.3 is 20.1 Å². The molecule has 1 rings (SSSR count). The Morgan fingerprint density at radius 2 is 1.95 bits per heavy atom. The number of anilines is 1. The van der Waals surface area contributed by atoms with Crippen molar-refractivity contribution in [2.75, 3.05) is 33.1 Å². The Labute approximate surface area is 127 Å². The highest BCUT2D eigenvalue weighted by Gasteiger charge is 2.24. The molecule has 0 saturated carbocycles. The van der Waals surface area contributed by atoms with Crippen LogP contribution in [-0.4, -0.2) is 44.2 Å². The number of carbonyl (C=O) groups excluding carboxylic acids is 1. The maximum atomic E-state index is 12.8. The van der Waals surface area contributed by atoms with E-state index in [1.807, 2.05) is 4.90 Å². The standard InChI is InChI=1S/C16H26N2O3/c1-5-12(6-2)18(9-10-20-3)16(19)14-11-13(21-4)7-8-15(14)17/h7-8,11-12H,5-6,9-10,17H2,1-4H3. The van der Waals surface area contributed by atoms with Crippen molar-refractivity contribution in [3.8, 4) is 5.75 Å². The Morgan fingerprint density at radius 1 is 1.29 bits per heavy atom. The molecule has 118 valence electrons. The van der Waals surface area contributed by atoms with E-state index in [-0.39, 0.29) is 11.9 Å². The second-order valence-corrected chi connectivity index (χ2v) is 4.91. The summed E-state index contributed by atoms with van der Waals surface area (Å²) in [6, 6.07) is 5.33. The Hall–Kier alpha value is -1.75. The molecule has 1 aromatic rings. The van der Waals surface area contributed by atoms with Crippen LogP contribution in [0.1, 0.15) is 37.0 Å². The molecule has 0 aliphatic heterocycles. The molecule has 0 unspecified atom stereocenters. The van der Waals surface area contributed by atoms with Crippen molar-refractivity contribution in [3.63, 3.8) is 0 Å². The predicted octanol–water partition coefficient (Wildman–Crippen LogP) is 2.55. The molecule has 0 radical (unpaired) electrons. The zero-order valence-corrected chi connectivity index (χ0v) is 13.4.